The van der Waals surface area contributed by atoms with Gasteiger partial charge in [0.05, 0.1) is 11.2 Å². The SMILES string of the molecule is CCCn1c(NC(O)c2oc(C)nc2C)nc2cc(C(N)=O)cc(OCC(=O)O)c21. The molecule has 0 fully saturated rings. The Morgan fingerprint density at radius 3 is 2.63 bits per heavy atom. The van der Waals surface area contributed by atoms with Crippen LogP contribution in [-0.4, -0.2) is 43.2 Å². The number of amides is 1. The molecule has 2 heterocycles. The van der Waals surface area contributed by atoms with Gasteiger partial charge in [0.15, 0.2) is 24.5 Å². The van der Waals surface area contributed by atoms with E-state index in [4.69, 9.17) is 20.0 Å². The van der Waals surface area contributed by atoms with E-state index in [-0.39, 0.29) is 23.0 Å². The van der Waals surface area contributed by atoms with Crippen LogP contribution in [0.4, 0.5) is 5.95 Å². The van der Waals surface area contributed by atoms with Crippen molar-refractivity contribution >= 4 is 28.9 Å². The van der Waals surface area contributed by atoms with Crippen molar-refractivity contribution in [2.75, 3.05) is 11.9 Å². The fourth-order valence-corrected chi connectivity index (χ4v) is 3.16. The van der Waals surface area contributed by atoms with E-state index in [0.29, 0.717) is 35.6 Å². The molecule has 0 saturated carbocycles. The number of carbonyl (C=O) groups excluding carboxylic acids is 1. The molecule has 160 valence electrons. The van der Waals surface area contributed by atoms with E-state index in [9.17, 15) is 14.7 Å². The lowest BCUT2D eigenvalue weighted by Gasteiger charge is -2.15. The number of benzene rings is 1. The molecule has 3 rings (SSSR count). The van der Waals surface area contributed by atoms with Gasteiger partial charge >= 0.3 is 5.97 Å². The van der Waals surface area contributed by atoms with E-state index in [1.807, 2.05) is 6.92 Å². The molecule has 0 aliphatic heterocycles. The van der Waals surface area contributed by atoms with Gasteiger partial charge in [-0.2, -0.15) is 0 Å². The third-order valence-electron chi connectivity index (χ3n) is 4.34. The van der Waals surface area contributed by atoms with E-state index in [1.54, 1.807) is 18.4 Å². The Balaban J connectivity index is 2.10. The Morgan fingerprint density at radius 1 is 1.33 bits per heavy atom. The normalized spacial score (nSPS) is 12.1. The molecule has 3 aromatic rings. The number of nitrogens with one attached hydrogen (secondary N) is 1. The van der Waals surface area contributed by atoms with Gasteiger partial charge in [-0.25, -0.2) is 14.8 Å². The predicted molar refractivity (Wildman–Crippen MR) is 106 cm³/mol. The number of aromatic nitrogens is 3. The molecule has 1 unspecified atom stereocenters. The number of carbonyl (C=O) groups is 2. The average Bonchev–Trinajstić information content (AvgIpc) is 3.19. The maximum Gasteiger partial charge on any atom is 0.341 e. The number of rotatable bonds is 9. The van der Waals surface area contributed by atoms with Crippen LogP contribution >= 0.6 is 0 Å². The molecule has 2 aromatic heterocycles. The van der Waals surface area contributed by atoms with Crippen LogP contribution in [0, 0.1) is 13.8 Å². The van der Waals surface area contributed by atoms with Crippen LogP contribution < -0.4 is 15.8 Å². The van der Waals surface area contributed by atoms with Crippen LogP contribution in [-0.2, 0) is 11.3 Å². The van der Waals surface area contributed by atoms with Crippen molar-refractivity contribution in [3.8, 4) is 5.75 Å². The summed E-state index contributed by atoms with van der Waals surface area (Å²) in [5, 5.41) is 22.4. The smallest absolute Gasteiger partial charge is 0.341 e. The van der Waals surface area contributed by atoms with Crippen LogP contribution in [0.25, 0.3) is 11.0 Å². The van der Waals surface area contributed by atoms with E-state index in [0.717, 1.165) is 0 Å². The lowest BCUT2D eigenvalue weighted by molar-refractivity contribution is -0.139. The number of hydrogen-bond acceptors (Lipinski definition) is 8. The van der Waals surface area contributed by atoms with E-state index in [1.165, 1.54) is 12.1 Å². The first-order valence-electron chi connectivity index (χ1n) is 9.28. The van der Waals surface area contributed by atoms with Crippen molar-refractivity contribution in [1.29, 1.82) is 0 Å². The second kappa shape index (κ2) is 8.41. The van der Waals surface area contributed by atoms with Crippen molar-refractivity contribution in [2.45, 2.75) is 40.0 Å². The Hall–Kier alpha value is -3.60. The number of ether oxygens (including phenoxy) is 1. The minimum Gasteiger partial charge on any atom is -0.480 e. The number of fused-ring (bicyclic) bond motifs is 1. The van der Waals surface area contributed by atoms with Crippen LogP contribution in [0.2, 0.25) is 0 Å². The standard InChI is InChI=1S/C19H23N5O6/c1-4-5-24-15-12(6-11(17(20)27)7-13(15)29-8-14(25)26)22-19(24)23-18(28)16-9(2)21-10(3)30-16/h6-7,18,28H,4-5,8H2,1-3H3,(H2,20,27)(H,22,23)(H,25,26). The van der Waals surface area contributed by atoms with Gasteiger partial charge in [-0.05, 0) is 25.5 Å². The fraction of sp³-hybridized carbons (Fsp3) is 0.368. The van der Waals surface area contributed by atoms with Crippen LogP contribution in [0.1, 0.15) is 47.3 Å². The Morgan fingerprint density at radius 2 is 2.07 bits per heavy atom. The van der Waals surface area contributed by atoms with E-state index in [2.05, 4.69) is 15.3 Å². The molecule has 0 aliphatic rings. The third-order valence-corrected chi connectivity index (χ3v) is 4.34. The maximum absolute atomic E-state index is 11.7. The van der Waals surface area contributed by atoms with Gasteiger partial charge in [-0.15, -0.1) is 0 Å². The van der Waals surface area contributed by atoms with Gasteiger partial charge in [0.1, 0.15) is 11.3 Å². The molecule has 0 bridgehead atoms. The largest absolute Gasteiger partial charge is 0.480 e. The topological polar surface area (TPSA) is 166 Å². The Labute approximate surface area is 171 Å². The van der Waals surface area contributed by atoms with Crippen molar-refractivity contribution in [3.05, 3.63) is 35.0 Å². The monoisotopic (exact) mass is 417 g/mol. The summed E-state index contributed by atoms with van der Waals surface area (Å²) >= 11 is 0. The number of aliphatic hydroxyl groups excluding tert-OH is 1. The summed E-state index contributed by atoms with van der Waals surface area (Å²) in [5.41, 5.74) is 6.88. The van der Waals surface area contributed by atoms with Gasteiger partial charge in [-0.1, -0.05) is 6.92 Å². The molecular formula is C19H23N5O6. The van der Waals surface area contributed by atoms with Crippen molar-refractivity contribution in [2.24, 2.45) is 5.73 Å². The van der Waals surface area contributed by atoms with Crippen LogP contribution in [0.5, 0.6) is 5.75 Å². The number of anilines is 1. The third kappa shape index (κ3) is 4.20. The van der Waals surface area contributed by atoms with Crippen LogP contribution in [0.3, 0.4) is 0 Å². The van der Waals surface area contributed by atoms with Gasteiger partial charge in [-0.3, -0.25) is 4.79 Å². The molecule has 5 N–H and O–H groups in total. The van der Waals surface area contributed by atoms with Crippen LogP contribution in [0.15, 0.2) is 16.5 Å². The van der Waals surface area contributed by atoms with Gasteiger partial charge in [0, 0.05) is 19.0 Å². The highest BCUT2D eigenvalue weighted by molar-refractivity contribution is 5.99. The molecule has 11 heteroatoms. The molecule has 1 atom stereocenters. The second-order valence-electron chi connectivity index (χ2n) is 6.71. The summed E-state index contributed by atoms with van der Waals surface area (Å²) in [6.45, 7) is 5.22. The van der Waals surface area contributed by atoms with E-state index < -0.39 is 24.7 Å². The number of primary amides is 1. The molecule has 0 aliphatic carbocycles. The molecule has 11 nitrogen and oxygen atoms in total. The summed E-state index contributed by atoms with van der Waals surface area (Å²) in [6.07, 6.45) is -0.510. The first kappa shape index (κ1) is 21.1. The minimum absolute atomic E-state index is 0.123. The van der Waals surface area contributed by atoms with Gasteiger partial charge in [0.25, 0.3) is 0 Å². The van der Waals surface area contributed by atoms with Gasteiger partial charge in [0.2, 0.25) is 11.9 Å². The summed E-state index contributed by atoms with van der Waals surface area (Å²) in [7, 11) is 0. The number of aryl methyl sites for hydroxylation is 3. The summed E-state index contributed by atoms with van der Waals surface area (Å²) in [6, 6.07) is 2.87. The molecule has 0 radical (unpaired) electrons. The number of nitrogens with zero attached hydrogens (tertiary/aromatic N) is 3. The first-order chi connectivity index (χ1) is 14.2. The number of carboxylic acids is 1. The Bertz CT molecular complexity index is 1100. The number of imidazole rings is 1. The molecule has 0 spiro atoms. The zero-order chi connectivity index (χ0) is 22.0. The number of oxazole rings is 1. The average molecular weight is 417 g/mol. The molecule has 30 heavy (non-hydrogen) atoms. The summed E-state index contributed by atoms with van der Waals surface area (Å²) in [4.78, 5) is 31.3. The van der Waals surface area contributed by atoms with Gasteiger partial charge < -0.3 is 35.0 Å². The quantitative estimate of drug-likeness (QED) is 0.379. The number of hydrogen-bond donors (Lipinski definition) is 4. The molecule has 0 saturated heterocycles. The second-order valence-corrected chi connectivity index (χ2v) is 6.71. The van der Waals surface area contributed by atoms with E-state index >= 15 is 0 Å². The van der Waals surface area contributed by atoms with Crippen molar-refractivity contribution in [3.63, 3.8) is 0 Å². The Kier molecular flexibility index (Phi) is 5.92. The predicted octanol–water partition coefficient (Wildman–Crippen LogP) is 1.72. The minimum atomic E-state index is -1.22. The van der Waals surface area contributed by atoms with Crippen molar-refractivity contribution in [1.82, 2.24) is 14.5 Å². The molecule has 1 aromatic carbocycles. The highest BCUT2D eigenvalue weighted by atomic mass is 16.5. The lowest BCUT2D eigenvalue weighted by Crippen LogP contribution is -2.15. The number of carboxylic acid groups (broad SMARTS) is 1. The van der Waals surface area contributed by atoms with Crippen molar-refractivity contribution < 1.29 is 29.0 Å². The number of nitrogens with two attached hydrogens (primary N) is 1. The highest BCUT2D eigenvalue weighted by Gasteiger charge is 2.23. The summed E-state index contributed by atoms with van der Waals surface area (Å²) < 4.78 is 12.6. The highest BCUT2D eigenvalue weighted by Crippen LogP contribution is 2.32. The maximum atomic E-state index is 11.7. The summed E-state index contributed by atoms with van der Waals surface area (Å²) in [5.74, 6) is -0.763. The number of aliphatic carboxylic acids is 1. The lowest BCUT2D eigenvalue weighted by atomic mass is 10.1. The molecule has 1 amide bonds. The zero-order valence-corrected chi connectivity index (χ0v) is 16.8. The zero-order valence-electron chi connectivity index (χ0n) is 16.8. The molecular weight excluding hydrogens is 394 g/mol. The first-order valence-corrected chi connectivity index (χ1v) is 9.28. The fourth-order valence-electron chi connectivity index (χ4n) is 3.16. The number of aliphatic hydroxyl groups is 1.